The Balaban J connectivity index is 2.66. The first kappa shape index (κ1) is 15.0. The molecule has 17 heavy (non-hydrogen) atoms. The van der Waals surface area contributed by atoms with Crippen LogP contribution in [-0.4, -0.2) is 11.9 Å². The van der Waals surface area contributed by atoms with Crippen LogP contribution in [0.5, 0.6) is 0 Å². The van der Waals surface area contributed by atoms with Crippen LogP contribution in [0, 0.1) is 3.57 Å². The summed E-state index contributed by atoms with van der Waals surface area (Å²) in [4.78, 5) is 12.1. The summed E-state index contributed by atoms with van der Waals surface area (Å²) in [7, 11) is 0. The van der Waals surface area contributed by atoms with E-state index in [2.05, 4.69) is 57.7 Å². The number of halogens is 2. The lowest BCUT2D eigenvalue weighted by Crippen LogP contribution is -2.32. The van der Waals surface area contributed by atoms with Crippen molar-refractivity contribution in [1.82, 2.24) is 5.32 Å². The summed E-state index contributed by atoms with van der Waals surface area (Å²) < 4.78 is 1.91. The highest BCUT2D eigenvalue weighted by atomic mass is 127. The summed E-state index contributed by atoms with van der Waals surface area (Å²) in [5, 5.41) is 3.03. The number of carbonyl (C=O) groups excluding carboxylic acids is 1. The molecule has 1 amide bonds. The molecule has 1 rings (SSSR count). The smallest absolute Gasteiger partial charge is 0.252 e. The Labute approximate surface area is 125 Å². The first-order chi connectivity index (χ1) is 8.04. The standard InChI is InChI=1S/C13H17BrINO/c1-3-4-5-9(2)16-13(17)11-8-10(14)6-7-12(11)15/h6-9H,3-5H2,1-2H3,(H,16,17). The van der Waals surface area contributed by atoms with Gasteiger partial charge in [0, 0.05) is 14.1 Å². The molecule has 2 nitrogen and oxygen atoms in total. The topological polar surface area (TPSA) is 29.1 Å². The molecular weight excluding hydrogens is 393 g/mol. The number of hydrogen-bond donors (Lipinski definition) is 1. The molecule has 1 atom stereocenters. The molecule has 1 N–H and O–H groups in total. The predicted molar refractivity (Wildman–Crippen MR) is 83.3 cm³/mol. The van der Waals surface area contributed by atoms with Crippen molar-refractivity contribution in [3.05, 3.63) is 31.8 Å². The molecule has 1 aromatic rings. The van der Waals surface area contributed by atoms with Gasteiger partial charge in [-0.05, 0) is 54.1 Å². The highest BCUT2D eigenvalue weighted by Gasteiger charge is 2.12. The molecule has 0 fully saturated rings. The molecular formula is C13H17BrINO. The maximum Gasteiger partial charge on any atom is 0.252 e. The van der Waals surface area contributed by atoms with Crippen LogP contribution in [0.3, 0.4) is 0 Å². The van der Waals surface area contributed by atoms with Gasteiger partial charge in [0.2, 0.25) is 0 Å². The molecule has 0 aliphatic carbocycles. The Hall–Kier alpha value is -0.100. The summed E-state index contributed by atoms with van der Waals surface area (Å²) in [5.74, 6) is 0.0132. The minimum absolute atomic E-state index is 0.0132. The lowest BCUT2D eigenvalue weighted by Gasteiger charge is -2.14. The van der Waals surface area contributed by atoms with Gasteiger partial charge in [0.15, 0.2) is 0 Å². The monoisotopic (exact) mass is 409 g/mol. The molecule has 94 valence electrons. The van der Waals surface area contributed by atoms with Crippen LogP contribution < -0.4 is 5.32 Å². The van der Waals surface area contributed by atoms with Gasteiger partial charge in [-0.1, -0.05) is 35.7 Å². The maximum atomic E-state index is 12.1. The van der Waals surface area contributed by atoms with Gasteiger partial charge in [0.05, 0.1) is 5.56 Å². The molecule has 0 saturated carbocycles. The molecule has 1 aromatic carbocycles. The van der Waals surface area contributed by atoms with Gasteiger partial charge in [-0.3, -0.25) is 4.79 Å². The Morgan fingerprint density at radius 1 is 1.53 bits per heavy atom. The number of hydrogen-bond acceptors (Lipinski definition) is 1. The normalized spacial score (nSPS) is 12.2. The van der Waals surface area contributed by atoms with Crippen molar-refractivity contribution in [2.45, 2.75) is 39.2 Å². The third kappa shape index (κ3) is 4.95. The van der Waals surface area contributed by atoms with Crippen molar-refractivity contribution in [2.75, 3.05) is 0 Å². The highest BCUT2D eigenvalue weighted by Crippen LogP contribution is 2.18. The quantitative estimate of drug-likeness (QED) is 0.719. The SMILES string of the molecule is CCCCC(C)NC(=O)c1cc(Br)ccc1I. The van der Waals surface area contributed by atoms with Crippen LogP contribution in [0.1, 0.15) is 43.5 Å². The first-order valence-electron chi connectivity index (χ1n) is 5.80. The van der Waals surface area contributed by atoms with E-state index >= 15 is 0 Å². The Bertz CT molecular complexity index is 395. The van der Waals surface area contributed by atoms with E-state index in [1.165, 1.54) is 0 Å². The predicted octanol–water partition coefficient (Wildman–Crippen LogP) is 4.36. The minimum Gasteiger partial charge on any atom is -0.350 e. The molecule has 1 unspecified atom stereocenters. The van der Waals surface area contributed by atoms with Crippen LogP contribution in [-0.2, 0) is 0 Å². The van der Waals surface area contributed by atoms with Crippen molar-refractivity contribution in [3.8, 4) is 0 Å². The highest BCUT2D eigenvalue weighted by molar-refractivity contribution is 14.1. The number of nitrogens with one attached hydrogen (secondary N) is 1. The average molecular weight is 410 g/mol. The second-order valence-corrected chi connectivity index (χ2v) is 6.22. The molecule has 0 aliphatic heterocycles. The molecule has 4 heteroatoms. The van der Waals surface area contributed by atoms with Gasteiger partial charge < -0.3 is 5.32 Å². The summed E-state index contributed by atoms with van der Waals surface area (Å²) in [6.07, 6.45) is 3.35. The molecule has 0 aliphatic rings. The molecule has 0 radical (unpaired) electrons. The third-order valence-electron chi connectivity index (χ3n) is 2.54. The lowest BCUT2D eigenvalue weighted by molar-refractivity contribution is 0.0937. The van der Waals surface area contributed by atoms with Crippen LogP contribution in [0.25, 0.3) is 0 Å². The fourth-order valence-electron chi connectivity index (χ4n) is 1.56. The van der Waals surface area contributed by atoms with Gasteiger partial charge in [0.25, 0.3) is 5.91 Å². The number of carbonyl (C=O) groups is 1. The summed E-state index contributed by atoms with van der Waals surface area (Å²) >= 11 is 5.58. The summed E-state index contributed by atoms with van der Waals surface area (Å²) in [6.45, 7) is 4.21. The van der Waals surface area contributed by atoms with Crippen molar-refractivity contribution in [2.24, 2.45) is 0 Å². The third-order valence-corrected chi connectivity index (χ3v) is 3.98. The second-order valence-electron chi connectivity index (χ2n) is 4.14. The van der Waals surface area contributed by atoms with Crippen LogP contribution in [0.2, 0.25) is 0 Å². The van der Waals surface area contributed by atoms with Gasteiger partial charge in [-0.15, -0.1) is 0 Å². The van der Waals surface area contributed by atoms with Crippen LogP contribution in [0.15, 0.2) is 22.7 Å². The largest absolute Gasteiger partial charge is 0.350 e. The van der Waals surface area contributed by atoms with Crippen LogP contribution >= 0.6 is 38.5 Å². The Morgan fingerprint density at radius 3 is 2.88 bits per heavy atom. The van der Waals surface area contributed by atoms with E-state index in [0.717, 1.165) is 32.9 Å². The number of benzene rings is 1. The summed E-state index contributed by atoms with van der Waals surface area (Å²) in [5.41, 5.74) is 0.739. The molecule has 0 spiro atoms. The number of amides is 1. The van der Waals surface area contributed by atoms with Crippen LogP contribution in [0.4, 0.5) is 0 Å². The Kier molecular flexibility index (Phi) is 6.48. The Morgan fingerprint density at radius 2 is 2.24 bits per heavy atom. The molecule has 0 heterocycles. The first-order valence-corrected chi connectivity index (χ1v) is 7.67. The van der Waals surface area contributed by atoms with Crippen molar-refractivity contribution in [3.63, 3.8) is 0 Å². The number of rotatable bonds is 5. The number of unbranched alkanes of at least 4 members (excludes halogenated alkanes) is 1. The summed E-state index contributed by atoms with van der Waals surface area (Å²) in [6, 6.07) is 5.98. The fraction of sp³-hybridized carbons (Fsp3) is 0.462. The maximum absolute atomic E-state index is 12.1. The zero-order chi connectivity index (χ0) is 12.8. The zero-order valence-electron chi connectivity index (χ0n) is 10.1. The molecule has 0 saturated heterocycles. The lowest BCUT2D eigenvalue weighted by atomic mass is 10.1. The second kappa shape index (κ2) is 7.36. The van der Waals surface area contributed by atoms with Gasteiger partial charge in [-0.2, -0.15) is 0 Å². The van der Waals surface area contributed by atoms with E-state index in [4.69, 9.17) is 0 Å². The van der Waals surface area contributed by atoms with Crippen molar-refractivity contribution >= 4 is 44.4 Å². The van der Waals surface area contributed by atoms with E-state index < -0.39 is 0 Å². The molecule has 0 bridgehead atoms. The van der Waals surface area contributed by atoms with Crippen molar-refractivity contribution < 1.29 is 4.79 Å². The van der Waals surface area contributed by atoms with E-state index in [1.807, 2.05) is 18.2 Å². The van der Waals surface area contributed by atoms with Crippen molar-refractivity contribution in [1.29, 1.82) is 0 Å². The fourth-order valence-corrected chi connectivity index (χ4v) is 2.50. The van der Waals surface area contributed by atoms with Gasteiger partial charge >= 0.3 is 0 Å². The molecule has 0 aromatic heterocycles. The van der Waals surface area contributed by atoms with E-state index in [-0.39, 0.29) is 11.9 Å². The van der Waals surface area contributed by atoms with E-state index in [1.54, 1.807) is 0 Å². The van der Waals surface area contributed by atoms with E-state index in [0.29, 0.717) is 0 Å². The van der Waals surface area contributed by atoms with Gasteiger partial charge in [-0.25, -0.2) is 0 Å². The zero-order valence-corrected chi connectivity index (χ0v) is 13.8. The van der Waals surface area contributed by atoms with E-state index in [9.17, 15) is 4.79 Å². The minimum atomic E-state index is 0.0132. The van der Waals surface area contributed by atoms with Gasteiger partial charge in [0.1, 0.15) is 0 Å². The average Bonchev–Trinajstić information content (AvgIpc) is 2.29.